The first-order valence-electron chi connectivity index (χ1n) is 6.64. The van der Waals surface area contributed by atoms with Gasteiger partial charge in [-0.1, -0.05) is 20.3 Å². The van der Waals surface area contributed by atoms with Gasteiger partial charge in [-0.2, -0.15) is 0 Å². The van der Waals surface area contributed by atoms with Crippen LogP contribution in [0.25, 0.3) is 0 Å². The van der Waals surface area contributed by atoms with E-state index in [1.807, 2.05) is 6.92 Å². The van der Waals surface area contributed by atoms with Gasteiger partial charge in [0, 0.05) is 13.1 Å². The highest BCUT2D eigenvalue weighted by Gasteiger charge is 2.34. The Hall–Kier alpha value is -1.31. The summed E-state index contributed by atoms with van der Waals surface area (Å²) in [5.41, 5.74) is 0. The van der Waals surface area contributed by atoms with Gasteiger partial charge in [-0.05, 0) is 12.3 Å². The molecule has 2 N–H and O–H groups in total. The largest absolute Gasteiger partial charge is 0.480 e. The molecule has 1 aliphatic heterocycles. The molecule has 0 aromatic rings. The average Bonchev–Trinajstić information content (AvgIpc) is 2.73. The molecule has 0 aromatic carbocycles. The molecule has 0 radical (unpaired) electrons. The Labute approximate surface area is 119 Å². The zero-order valence-electron chi connectivity index (χ0n) is 12.0. The van der Waals surface area contributed by atoms with Crippen LogP contribution in [-0.4, -0.2) is 61.1 Å². The van der Waals surface area contributed by atoms with E-state index in [4.69, 9.17) is 5.11 Å². The monoisotopic (exact) mass is 306 g/mol. The lowest BCUT2D eigenvalue weighted by Crippen LogP contribution is -2.52. The zero-order chi connectivity index (χ0) is 15.5. The lowest BCUT2D eigenvalue weighted by atomic mass is 9.99. The summed E-state index contributed by atoms with van der Waals surface area (Å²) in [7, 11) is -1.58. The second-order valence-electron chi connectivity index (χ2n) is 5.32. The minimum atomic E-state index is -3.08. The minimum Gasteiger partial charge on any atom is -0.480 e. The summed E-state index contributed by atoms with van der Waals surface area (Å²) in [5.74, 6) is -1.27. The van der Waals surface area contributed by atoms with Crippen molar-refractivity contribution < 1.29 is 23.1 Å². The third-order valence-electron chi connectivity index (χ3n) is 3.83. The number of amides is 2. The van der Waals surface area contributed by atoms with Gasteiger partial charge in [0.05, 0.1) is 11.5 Å². The number of aliphatic carboxylic acids is 1. The van der Waals surface area contributed by atoms with Gasteiger partial charge < -0.3 is 15.3 Å². The third-order valence-corrected chi connectivity index (χ3v) is 5.58. The lowest BCUT2D eigenvalue weighted by molar-refractivity contribution is -0.140. The number of nitrogens with one attached hydrogen (secondary N) is 1. The number of nitrogens with zero attached hydrogens (tertiary/aromatic N) is 1. The molecule has 1 aliphatic rings. The highest BCUT2D eigenvalue weighted by atomic mass is 32.2. The van der Waals surface area contributed by atoms with Crippen LogP contribution in [-0.2, 0) is 14.6 Å². The van der Waals surface area contributed by atoms with E-state index in [1.165, 1.54) is 11.9 Å². The predicted molar refractivity (Wildman–Crippen MR) is 74.2 cm³/mol. The smallest absolute Gasteiger partial charge is 0.326 e. The molecule has 1 saturated heterocycles. The third kappa shape index (κ3) is 4.09. The van der Waals surface area contributed by atoms with E-state index in [0.29, 0.717) is 12.8 Å². The van der Waals surface area contributed by atoms with E-state index in [-0.39, 0.29) is 23.5 Å². The van der Waals surface area contributed by atoms with Crippen LogP contribution < -0.4 is 5.32 Å². The molecular weight excluding hydrogens is 284 g/mol. The van der Waals surface area contributed by atoms with E-state index in [1.54, 1.807) is 6.92 Å². The van der Waals surface area contributed by atoms with Crippen molar-refractivity contribution in [3.8, 4) is 0 Å². The van der Waals surface area contributed by atoms with Gasteiger partial charge in [0.2, 0.25) is 0 Å². The number of hydrogen-bond acceptors (Lipinski definition) is 4. The Bertz CT molecular complexity index is 476. The molecule has 2 amide bonds. The fourth-order valence-electron chi connectivity index (χ4n) is 2.16. The van der Waals surface area contributed by atoms with E-state index in [2.05, 4.69) is 5.32 Å². The normalized spacial score (nSPS) is 23.9. The van der Waals surface area contributed by atoms with Crippen molar-refractivity contribution in [3.63, 3.8) is 0 Å². The van der Waals surface area contributed by atoms with E-state index in [0.717, 1.165) is 0 Å². The van der Waals surface area contributed by atoms with Crippen molar-refractivity contribution in [1.82, 2.24) is 10.2 Å². The summed E-state index contributed by atoms with van der Waals surface area (Å²) < 4.78 is 22.8. The molecule has 1 heterocycles. The van der Waals surface area contributed by atoms with Gasteiger partial charge in [0.1, 0.15) is 6.04 Å². The predicted octanol–water partition coefficient (Wildman–Crippen LogP) is 0.314. The van der Waals surface area contributed by atoms with E-state index < -0.39 is 27.9 Å². The van der Waals surface area contributed by atoms with Gasteiger partial charge in [-0.25, -0.2) is 18.0 Å². The molecule has 0 saturated carbocycles. The summed E-state index contributed by atoms with van der Waals surface area (Å²) >= 11 is 0. The molecule has 7 nitrogen and oxygen atoms in total. The maximum atomic E-state index is 12.0. The van der Waals surface area contributed by atoms with Crippen molar-refractivity contribution in [2.24, 2.45) is 5.92 Å². The van der Waals surface area contributed by atoms with Crippen LogP contribution in [0.5, 0.6) is 0 Å². The van der Waals surface area contributed by atoms with Crippen LogP contribution in [0, 0.1) is 5.92 Å². The lowest BCUT2D eigenvalue weighted by Gasteiger charge is -2.27. The SMILES string of the molecule is CCC(C)C(NC(=O)N(C)C1CCS(=O)(=O)C1)C(=O)O. The zero-order valence-corrected chi connectivity index (χ0v) is 12.8. The number of carboxylic acid groups (broad SMARTS) is 1. The molecule has 1 fully saturated rings. The number of carboxylic acids is 1. The molecule has 0 aliphatic carbocycles. The Balaban J connectivity index is 2.67. The maximum Gasteiger partial charge on any atom is 0.326 e. The average molecular weight is 306 g/mol. The second kappa shape index (κ2) is 6.43. The number of urea groups is 1. The Morgan fingerprint density at radius 2 is 2.05 bits per heavy atom. The minimum absolute atomic E-state index is 0.0576. The molecule has 0 aromatic heterocycles. The van der Waals surface area contributed by atoms with Crippen LogP contribution in [0.3, 0.4) is 0 Å². The number of carbonyl (C=O) groups is 2. The fraction of sp³-hybridized carbons (Fsp3) is 0.833. The number of hydrogen-bond donors (Lipinski definition) is 2. The standard InChI is InChI=1S/C12H22N2O5S/c1-4-8(2)10(11(15)16)13-12(17)14(3)9-5-6-20(18,19)7-9/h8-10H,4-7H2,1-3H3,(H,13,17)(H,15,16). The summed E-state index contributed by atoms with van der Waals surface area (Å²) in [4.78, 5) is 24.5. The molecule has 0 spiro atoms. The summed E-state index contributed by atoms with van der Waals surface area (Å²) in [6.45, 7) is 3.60. The van der Waals surface area contributed by atoms with Crippen molar-refractivity contribution in [2.75, 3.05) is 18.6 Å². The maximum absolute atomic E-state index is 12.0. The van der Waals surface area contributed by atoms with Crippen LogP contribution in [0.1, 0.15) is 26.7 Å². The molecule has 116 valence electrons. The number of carbonyl (C=O) groups excluding carboxylic acids is 1. The molecule has 8 heteroatoms. The van der Waals surface area contributed by atoms with Gasteiger partial charge in [-0.15, -0.1) is 0 Å². The fourth-order valence-corrected chi connectivity index (χ4v) is 3.94. The van der Waals surface area contributed by atoms with Crippen LogP contribution >= 0.6 is 0 Å². The summed E-state index contributed by atoms with van der Waals surface area (Å²) in [5, 5.41) is 11.6. The Morgan fingerprint density at radius 1 is 1.45 bits per heavy atom. The van der Waals surface area contributed by atoms with Crippen LogP contribution in [0.2, 0.25) is 0 Å². The number of rotatable bonds is 5. The molecule has 20 heavy (non-hydrogen) atoms. The van der Waals surface area contributed by atoms with Crippen molar-refractivity contribution in [3.05, 3.63) is 0 Å². The molecule has 3 atom stereocenters. The molecular formula is C12H22N2O5S. The van der Waals surface area contributed by atoms with Crippen molar-refractivity contribution in [2.45, 2.75) is 38.8 Å². The topological polar surface area (TPSA) is 104 Å². The summed E-state index contributed by atoms with van der Waals surface area (Å²) in [6, 6.07) is -1.89. The second-order valence-corrected chi connectivity index (χ2v) is 7.55. The molecule has 0 bridgehead atoms. The van der Waals surface area contributed by atoms with Gasteiger partial charge in [0.25, 0.3) is 0 Å². The van der Waals surface area contributed by atoms with Crippen molar-refractivity contribution >= 4 is 21.8 Å². The molecule has 1 rings (SSSR count). The Kier molecular flexibility index (Phi) is 5.38. The molecule has 3 unspecified atom stereocenters. The Morgan fingerprint density at radius 3 is 2.45 bits per heavy atom. The van der Waals surface area contributed by atoms with E-state index >= 15 is 0 Å². The highest BCUT2D eigenvalue weighted by Crippen LogP contribution is 2.17. The highest BCUT2D eigenvalue weighted by molar-refractivity contribution is 7.91. The summed E-state index contributed by atoms with van der Waals surface area (Å²) in [6.07, 6.45) is 1.02. The first-order chi connectivity index (χ1) is 9.18. The number of sulfone groups is 1. The van der Waals surface area contributed by atoms with Gasteiger partial charge in [-0.3, -0.25) is 0 Å². The van der Waals surface area contributed by atoms with Gasteiger partial charge >= 0.3 is 12.0 Å². The quantitative estimate of drug-likeness (QED) is 0.761. The van der Waals surface area contributed by atoms with Crippen molar-refractivity contribution in [1.29, 1.82) is 0 Å². The first-order valence-corrected chi connectivity index (χ1v) is 8.46. The van der Waals surface area contributed by atoms with E-state index in [9.17, 15) is 18.0 Å². The van der Waals surface area contributed by atoms with Gasteiger partial charge in [0.15, 0.2) is 9.84 Å². The van der Waals surface area contributed by atoms with Crippen LogP contribution in [0.15, 0.2) is 0 Å². The van der Waals surface area contributed by atoms with Crippen LogP contribution in [0.4, 0.5) is 4.79 Å². The first kappa shape index (κ1) is 16.7.